The Morgan fingerprint density at radius 1 is 1.56 bits per heavy atom. The fourth-order valence-corrected chi connectivity index (χ4v) is 1.18. The largest absolute Gasteiger partial charge is 0.394 e. The highest BCUT2D eigenvalue weighted by Gasteiger charge is 1.98. The van der Waals surface area contributed by atoms with E-state index in [0.717, 1.165) is 0 Å². The molecule has 0 aromatic carbocycles. The monoisotopic (exact) mass is 227 g/mol. The normalized spacial score (nSPS) is 10.4. The summed E-state index contributed by atoms with van der Waals surface area (Å²) in [7, 11) is 0. The molecule has 0 aliphatic rings. The van der Waals surface area contributed by atoms with Gasteiger partial charge in [0.25, 0.3) is 5.56 Å². The van der Waals surface area contributed by atoms with Gasteiger partial charge in [-0.15, -0.1) is 0 Å². The van der Waals surface area contributed by atoms with Crippen LogP contribution in [0.25, 0.3) is 0 Å². The van der Waals surface area contributed by atoms with Crippen LogP contribution in [-0.2, 0) is 11.2 Å². The number of nitrogens with one attached hydrogen (secondary N) is 2. The fourth-order valence-electron chi connectivity index (χ4n) is 1.18. The van der Waals surface area contributed by atoms with Crippen LogP contribution in [0, 0.1) is 0 Å². The van der Waals surface area contributed by atoms with E-state index in [9.17, 15) is 4.79 Å². The number of aromatic nitrogens is 2. The molecule has 0 unspecified atom stereocenters. The summed E-state index contributed by atoms with van der Waals surface area (Å²) >= 11 is 0. The van der Waals surface area contributed by atoms with Crippen molar-refractivity contribution in [2.75, 3.05) is 31.7 Å². The van der Waals surface area contributed by atoms with Crippen LogP contribution >= 0.6 is 0 Å². The Labute approximate surface area is 93.7 Å². The van der Waals surface area contributed by atoms with Gasteiger partial charge in [-0.25, -0.2) is 4.98 Å². The number of nitrogens with zero attached hydrogens (tertiary/aromatic N) is 1. The Bertz CT molecular complexity index is 365. The summed E-state index contributed by atoms with van der Waals surface area (Å²) in [5.74, 6) is 1.21. The molecule has 1 heterocycles. The summed E-state index contributed by atoms with van der Waals surface area (Å²) in [6, 6.07) is 1.41. The molecule has 0 atom stereocenters. The number of H-pyrrole nitrogens is 1. The lowest BCUT2D eigenvalue weighted by atomic mass is 10.4. The summed E-state index contributed by atoms with van der Waals surface area (Å²) in [5.41, 5.74) is -0.161. The lowest BCUT2D eigenvalue weighted by Crippen LogP contribution is -2.16. The Morgan fingerprint density at radius 2 is 2.38 bits per heavy atom. The molecule has 16 heavy (non-hydrogen) atoms. The first-order valence-electron chi connectivity index (χ1n) is 5.29. The highest BCUT2D eigenvalue weighted by Crippen LogP contribution is 1.98. The summed E-state index contributed by atoms with van der Waals surface area (Å²) < 4.78 is 5.07. The van der Waals surface area contributed by atoms with Crippen molar-refractivity contribution >= 4 is 5.82 Å². The van der Waals surface area contributed by atoms with Gasteiger partial charge in [0.05, 0.1) is 19.8 Å². The zero-order chi connectivity index (χ0) is 11.8. The zero-order valence-electron chi connectivity index (χ0n) is 9.32. The van der Waals surface area contributed by atoms with Crippen LogP contribution in [0.2, 0.25) is 0 Å². The van der Waals surface area contributed by atoms with Gasteiger partial charge in [0, 0.05) is 19.0 Å². The van der Waals surface area contributed by atoms with Crippen LogP contribution in [0.3, 0.4) is 0 Å². The maximum absolute atomic E-state index is 11.2. The third kappa shape index (κ3) is 4.41. The number of hydrogen-bond donors (Lipinski definition) is 3. The van der Waals surface area contributed by atoms with E-state index in [4.69, 9.17) is 9.84 Å². The predicted octanol–water partition coefficient (Wildman–Crippen LogP) is -0.247. The third-order valence-corrected chi connectivity index (χ3v) is 1.91. The van der Waals surface area contributed by atoms with Crippen LogP contribution < -0.4 is 10.9 Å². The van der Waals surface area contributed by atoms with Crippen molar-refractivity contribution in [3.8, 4) is 0 Å². The summed E-state index contributed by atoms with van der Waals surface area (Å²) in [6.07, 6.45) is 0.686. The molecule has 0 spiro atoms. The predicted molar refractivity (Wildman–Crippen MR) is 60.6 cm³/mol. The van der Waals surface area contributed by atoms with Crippen LogP contribution in [0.4, 0.5) is 5.82 Å². The van der Waals surface area contributed by atoms with E-state index in [2.05, 4.69) is 15.3 Å². The molecule has 6 nitrogen and oxygen atoms in total. The maximum atomic E-state index is 11.2. The molecular formula is C10H17N3O3. The summed E-state index contributed by atoms with van der Waals surface area (Å²) in [5, 5.41) is 11.5. The maximum Gasteiger partial charge on any atom is 0.252 e. The Kier molecular flexibility index (Phi) is 5.52. The lowest BCUT2D eigenvalue weighted by Gasteiger charge is -2.06. The molecule has 0 bridgehead atoms. The molecule has 0 saturated heterocycles. The highest BCUT2D eigenvalue weighted by atomic mass is 16.5. The third-order valence-electron chi connectivity index (χ3n) is 1.91. The van der Waals surface area contributed by atoms with Crippen LogP contribution in [0.15, 0.2) is 10.9 Å². The van der Waals surface area contributed by atoms with E-state index in [1.807, 2.05) is 6.92 Å². The Balaban J connectivity index is 2.41. The second-order valence-corrected chi connectivity index (χ2v) is 3.19. The minimum atomic E-state index is -0.161. The number of hydrogen-bond acceptors (Lipinski definition) is 5. The van der Waals surface area contributed by atoms with Crippen molar-refractivity contribution in [3.05, 3.63) is 22.2 Å². The van der Waals surface area contributed by atoms with E-state index in [-0.39, 0.29) is 12.2 Å². The van der Waals surface area contributed by atoms with Gasteiger partial charge in [0.15, 0.2) is 0 Å². The molecule has 0 aliphatic heterocycles. The van der Waals surface area contributed by atoms with Crippen molar-refractivity contribution < 1.29 is 9.84 Å². The summed E-state index contributed by atoms with van der Waals surface area (Å²) in [6.45, 7) is 3.29. The van der Waals surface area contributed by atoms with Crippen molar-refractivity contribution in [3.63, 3.8) is 0 Å². The topological polar surface area (TPSA) is 87.2 Å². The Hall–Kier alpha value is -1.40. The molecule has 6 heteroatoms. The number of aliphatic hydroxyl groups is 1. The molecule has 3 N–H and O–H groups in total. The van der Waals surface area contributed by atoms with E-state index < -0.39 is 0 Å². The smallest absolute Gasteiger partial charge is 0.252 e. The first kappa shape index (κ1) is 12.7. The first-order valence-corrected chi connectivity index (χ1v) is 5.29. The van der Waals surface area contributed by atoms with Crippen molar-refractivity contribution in [2.45, 2.75) is 13.3 Å². The van der Waals surface area contributed by atoms with Gasteiger partial charge >= 0.3 is 0 Å². The number of aromatic amines is 1. The van der Waals surface area contributed by atoms with Crippen LogP contribution in [-0.4, -0.2) is 41.4 Å². The Morgan fingerprint density at radius 3 is 3.06 bits per heavy atom. The quantitative estimate of drug-likeness (QED) is 0.559. The van der Waals surface area contributed by atoms with Gasteiger partial charge in [-0.3, -0.25) is 4.79 Å². The van der Waals surface area contributed by atoms with Crippen molar-refractivity contribution in [1.29, 1.82) is 0 Å². The molecule has 0 radical (unpaired) electrons. The average molecular weight is 227 g/mol. The van der Waals surface area contributed by atoms with E-state index >= 15 is 0 Å². The van der Waals surface area contributed by atoms with Crippen LogP contribution in [0.5, 0.6) is 0 Å². The molecule has 1 aromatic heterocycles. The molecular weight excluding hydrogens is 210 g/mol. The van der Waals surface area contributed by atoms with Gasteiger partial charge in [0.1, 0.15) is 11.6 Å². The van der Waals surface area contributed by atoms with Gasteiger partial charge in [-0.1, -0.05) is 6.92 Å². The SMILES string of the molecule is CCc1nc(NCCOCCO)cc(=O)[nH]1. The highest BCUT2D eigenvalue weighted by molar-refractivity contribution is 5.32. The molecule has 0 aliphatic carbocycles. The molecule has 0 amide bonds. The number of aliphatic hydroxyl groups excluding tert-OH is 1. The van der Waals surface area contributed by atoms with E-state index in [0.29, 0.717) is 37.8 Å². The molecule has 1 rings (SSSR count). The van der Waals surface area contributed by atoms with Crippen molar-refractivity contribution in [1.82, 2.24) is 9.97 Å². The number of ether oxygens (including phenoxy) is 1. The lowest BCUT2D eigenvalue weighted by molar-refractivity contribution is 0.0992. The minimum absolute atomic E-state index is 0.0171. The van der Waals surface area contributed by atoms with Crippen LogP contribution in [0.1, 0.15) is 12.7 Å². The molecule has 90 valence electrons. The van der Waals surface area contributed by atoms with Crippen molar-refractivity contribution in [2.24, 2.45) is 0 Å². The van der Waals surface area contributed by atoms with Gasteiger partial charge in [-0.2, -0.15) is 0 Å². The second-order valence-electron chi connectivity index (χ2n) is 3.19. The first-order chi connectivity index (χ1) is 7.76. The number of aryl methyl sites for hydroxylation is 1. The van der Waals surface area contributed by atoms with Gasteiger partial charge in [-0.05, 0) is 0 Å². The van der Waals surface area contributed by atoms with E-state index in [1.54, 1.807) is 0 Å². The average Bonchev–Trinajstić information content (AvgIpc) is 2.28. The second kappa shape index (κ2) is 6.97. The summed E-state index contributed by atoms with van der Waals surface area (Å²) in [4.78, 5) is 18.0. The molecule has 0 fully saturated rings. The number of rotatable bonds is 7. The molecule has 0 saturated carbocycles. The number of anilines is 1. The molecule has 1 aromatic rings. The van der Waals surface area contributed by atoms with Gasteiger partial charge < -0.3 is 20.1 Å². The van der Waals surface area contributed by atoms with Gasteiger partial charge in [0.2, 0.25) is 0 Å². The van der Waals surface area contributed by atoms with E-state index in [1.165, 1.54) is 6.07 Å². The standard InChI is InChI=1S/C10H17N3O3/c1-2-8-12-9(7-10(15)13-8)11-3-5-16-6-4-14/h7,14H,2-6H2,1H3,(H2,11,12,13,15). The fraction of sp³-hybridized carbons (Fsp3) is 0.600. The zero-order valence-corrected chi connectivity index (χ0v) is 9.32. The minimum Gasteiger partial charge on any atom is -0.394 e.